The summed E-state index contributed by atoms with van der Waals surface area (Å²) in [5.74, 6) is -0.352. The third kappa shape index (κ3) is 5.17. The second kappa shape index (κ2) is 7.75. The van der Waals surface area contributed by atoms with Gasteiger partial charge in [0.1, 0.15) is 0 Å². The molecule has 0 aliphatic carbocycles. The van der Waals surface area contributed by atoms with E-state index in [0.29, 0.717) is 15.8 Å². The van der Waals surface area contributed by atoms with Crippen LogP contribution in [0.1, 0.15) is 21.8 Å². The molecule has 0 saturated carbocycles. The Kier molecular flexibility index (Phi) is 5.71. The summed E-state index contributed by atoms with van der Waals surface area (Å²) in [5.41, 5.74) is 0.795. The SMILES string of the molecule is O=C(CCNC(=O)c1ccc(Cl)s1)NCc1ccccn1. The Balaban J connectivity index is 1.66. The van der Waals surface area contributed by atoms with Crippen LogP contribution >= 0.6 is 22.9 Å². The summed E-state index contributed by atoms with van der Waals surface area (Å²) in [4.78, 5) is 28.0. The van der Waals surface area contributed by atoms with Crippen molar-refractivity contribution >= 4 is 34.8 Å². The zero-order valence-corrected chi connectivity index (χ0v) is 12.7. The first kappa shape index (κ1) is 15.5. The van der Waals surface area contributed by atoms with E-state index in [2.05, 4.69) is 15.6 Å². The van der Waals surface area contributed by atoms with Crippen molar-refractivity contribution in [2.75, 3.05) is 6.54 Å². The van der Waals surface area contributed by atoms with E-state index in [1.807, 2.05) is 18.2 Å². The van der Waals surface area contributed by atoms with Crippen LogP contribution in [-0.4, -0.2) is 23.3 Å². The molecule has 2 N–H and O–H groups in total. The van der Waals surface area contributed by atoms with Crippen LogP contribution in [-0.2, 0) is 11.3 Å². The predicted molar refractivity (Wildman–Crippen MR) is 82.4 cm³/mol. The molecule has 0 aliphatic rings. The van der Waals surface area contributed by atoms with E-state index in [4.69, 9.17) is 11.6 Å². The van der Waals surface area contributed by atoms with Crippen molar-refractivity contribution in [2.24, 2.45) is 0 Å². The molecule has 7 heteroatoms. The monoisotopic (exact) mass is 323 g/mol. The van der Waals surface area contributed by atoms with E-state index in [1.165, 1.54) is 11.3 Å². The zero-order chi connectivity index (χ0) is 15.1. The summed E-state index contributed by atoms with van der Waals surface area (Å²) < 4.78 is 0.563. The first-order valence-corrected chi connectivity index (χ1v) is 7.55. The summed E-state index contributed by atoms with van der Waals surface area (Å²) in [6.45, 7) is 0.663. The van der Waals surface area contributed by atoms with Crippen molar-refractivity contribution in [1.29, 1.82) is 0 Å². The molecule has 0 atom stereocenters. The van der Waals surface area contributed by atoms with Gasteiger partial charge < -0.3 is 10.6 Å². The number of thiophene rings is 1. The molecule has 0 aliphatic heterocycles. The fourth-order valence-corrected chi connectivity index (χ4v) is 2.55. The Labute approximate surface area is 131 Å². The largest absolute Gasteiger partial charge is 0.351 e. The van der Waals surface area contributed by atoms with Crippen LogP contribution in [0, 0.1) is 0 Å². The van der Waals surface area contributed by atoms with E-state index in [1.54, 1.807) is 18.3 Å². The number of nitrogens with one attached hydrogen (secondary N) is 2. The fourth-order valence-electron chi connectivity index (χ4n) is 1.59. The number of carbonyl (C=O) groups is 2. The number of aromatic nitrogens is 1. The fraction of sp³-hybridized carbons (Fsp3) is 0.214. The predicted octanol–water partition coefficient (Wildman–Crippen LogP) is 2.23. The molecule has 0 bridgehead atoms. The Hall–Kier alpha value is -1.92. The minimum Gasteiger partial charge on any atom is -0.351 e. The van der Waals surface area contributed by atoms with Crippen molar-refractivity contribution in [1.82, 2.24) is 15.6 Å². The summed E-state index contributed by atoms with van der Waals surface area (Å²) in [6, 6.07) is 8.84. The molecule has 2 aromatic heterocycles. The van der Waals surface area contributed by atoms with Gasteiger partial charge in [-0.3, -0.25) is 14.6 Å². The highest BCUT2D eigenvalue weighted by Gasteiger charge is 2.09. The lowest BCUT2D eigenvalue weighted by Crippen LogP contribution is -2.30. The van der Waals surface area contributed by atoms with Crippen LogP contribution in [0.4, 0.5) is 0 Å². The average molecular weight is 324 g/mol. The van der Waals surface area contributed by atoms with Gasteiger partial charge in [0, 0.05) is 19.2 Å². The number of pyridine rings is 1. The van der Waals surface area contributed by atoms with Gasteiger partial charge in [-0.25, -0.2) is 0 Å². The molecule has 5 nitrogen and oxygen atoms in total. The van der Waals surface area contributed by atoms with E-state index < -0.39 is 0 Å². The van der Waals surface area contributed by atoms with Gasteiger partial charge in [0.25, 0.3) is 5.91 Å². The molecule has 0 spiro atoms. The standard InChI is InChI=1S/C14H14ClN3O2S/c15-12-5-4-11(21-12)14(20)17-8-6-13(19)18-9-10-3-1-2-7-16-10/h1-5,7H,6,8-9H2,(H,17,20)(H,18,19). The summed E-state index contributed by atoms with van der Waals surface area (Å²) in [7, 11) is 0. The molecular formula is C14H14ClN3O2S. The maximum Gasteiger partial charge on any atom is 0.261 e. The number of hydrogen-bond donors (Lipinski definition) is 2. The topological polar surface area (TPSA) is 71.1 Å². The molecule has 0 aromatic carbocycles. The highest BCUT2D eigenvalue weighted by molar-refractivity contribution is 7.17. The summed E-state index contributed by atoms with van der Waals surface area (Å²) in [5, 5.41) is 5.42. The second-order valence-electron chi connectivity index (χ2n) is 4.21. The van der Waals surface area contributed by atoms with Gasteiger partial charge in [-0.15, -0.1) is 11.3 Å². The van der Waals surface area contributed by atoms with Gasteiger partial charge in [-0.05, 0) is 24.3 Å². The highest BCUT2D eigenvalue weighted by atomic mass is 35.5. The van der Waals surface area contributed by atoms with Crippen LogP contribution in [0.25, 0.3) is 0 Å². The highest BCUT2D eigenvalue weighted by Crippen LogP contribution is 2.20. The van der Waals surface area contributed by atoms with E-state index in [-0.39, 0.29) is 24.8 Å². The minimum atomic E-state index is -0.218. The molecule has 0 radical (unpaired) electrons. The summed E-state index contributed by atoms with van der Waals surface area (Å²) >= 11 is 6.96. The van der Waals surface area contributed by atoms with Crippen LogP contribution in [0.5, 0.6) is 0 Å². The molecule has 110 valence electrons. The number of amides is 2. The maximum atomic E-state index is 11.7. The lowest BCUT2D eigenvalue weighted by Gasteiger charge is -2.05. The van der Waals surface area contributed by atoms with Gasteiger partial charge in [0.05, 0.1) is 21.5 Å². The minimum absolute atomic E-state index is 0.134. The zero-order valence-electron chi connectivity index (χ0n) is 11.1. The quantitative estimate of drug-likeness (QED) is 0.856. The third-order valence-corrected chi connectivity index (χ3v) is 3.86. The number of carbonyl (C=O) groups excluding carboxylic acids is 2. The smallest absolute Gasteiger partial charge is 0.261 e. The molecule has 21 heavy (non-hydrogen) atoms. The van der Waals surface area contributed by atoms with Gasteiger partial charge >= 0.3 is 0 Å². The first-order valence-electron chi connectivity index (χ1n) is 6.35. The average Bonchev–Trinajstić information content (AvgIpc) is 2.93. The van der Waals surface area contributed by atoms with Gasteiger partial charge in [0.15, 0.2) is 0 Å². The van der Waals surface area contributed by atoms with Crippen molar-refractivity contribution < 1.29 is 9.59 Å². The maximum absolute atomic E-state index is 11.7. The number of halogens is 1. The Morgan fingerprint density at radius 3 is 2.71 bits per heavy atom. The molecule has 2 rings (SSSR count). The molecule has 2 aromatic rings. The molecule has 0 unspecified atom stereocenters. The molecule has 2 amide bonds. The normalized spacial score (nSPS) is 10.1. The molecular weight excluding hydrogens is 310 g/mol. The molecule has 2 heterocycles. The van der Waals surface area contributed by atoms with Gasteiger partial charge in [-0.2, -0.15) is 0 Å². The van der Waals surface area contributed by atoms with Crippen molar-refractivity contribution in [2.45, 2.75) is 13.0 Å². The second-order valence-corrected chi connectivity index (χ2v) is 5.92. The van der Waals surface area contributed by atoms with E-state index in [0.717, 1.165) is 5.69 Å². The van der Waals surface area contributed by atoms with Crippen molar-refractivity contribution in [3.63, 3.8) is 0 Å². The number of rotatable bonds is 6. The van der Waals surface area contributed by atoms with Crippen LogP contribution in [0.15, 0.2) is 36.5 Å². The Bertz CT molecular complexity index is 616. The Morgan fingerprint density at radius 2 is 2.05 bits per heavy atom. The van der Waals surface area contributed by atoms with E-state index >= 15 is 0 Å². The number of hydrogen-bond acceptors (Lipinski definition) is 4. The lowest BCUT2D eigenvalue weighted by atomic mass is 10.3. The molecule has 0 fully saturated rings. The van der Waals surface area contributed by atoms with Crippen LogP contribution in [0.2, 0.25) is 4.34 Å². The molecule has 0 saturated heterocycles. The van der Waals surface area contributed by atoms with Gasteiger partial charge in [0.2, 0.25) is 5.91 Å². The Morgan fingerprint density at radius 1 is 1.19 bits per heavy atom. The van der Waals surface area contributed by atoms with Crippen molar-refractivity contribution in [3.05, 3.63) is 51.4 Å². The van der Waals surface area contributed by atoms with Crippen molar-refractivity contribution in [3.8, 4) is 0 Å². The number of nitrogens with zero attached hydrogens (tertiary/aromatic N) is 1. The first-order chi connectivity index (χ1) is 10.1. The van der Waals surface area contributed by atoms with Crippen LogP contribution in [0.3, 0.4) is 0 Å². The van der Waals surface area contributed by atoms with Gasteiger partial charge in [-0.1, -0.05) is 17.7 Å². The summed E-state index contributed by atoms with van der Waals surface area (Å²) in [6.07, 6.45) is 1.89. The van der Waals surface area contributed by atoms with E-state index in [9.17, 15) is 9.59 Å². The van der Waals surface area contributed by atoms with Crippen LogP contribution < -0.4 is 10.6 Å². The third-order valence-electron chi connectivity index (χ3n) is 2.63. The lowest BCUT2D eigenvalue weighted by molar-refractivity contribution is -0.121.